The molecule has 43 heavy (non-hydrogen) atoms. The normalized spacial score (nSPS) is 14.1. The van der Waals surface area contributed by atoms with Crippen molar-refractivity contribution in [3.63, 3.8) is 0 Å². The summed E-state index contributed by atoms with van der Waals surface area (Å²) in [6, 6.07) is -5.04. The van der Waals surface area contributed by atoms with Crippen molar-refractivity contribution in [2.75, 3.05) is 25.1 Å². The molecule has 0 aliphatic carbocycles. The van der Waals surface area contributed by atoms with E-state index in [0.717, 1.165) is 0 Å². The van der Waals surface area contributed by atoms with E-state index in [-0.39, 0.29) is 38.1 Å². The van der Waals surface area contributed by atoms with E-state index in [1.54, 1.807) is 20.1 Å². The van der Waals surface area contributed by atoms with Gasteiger partial charge < -0.3 is 48.3 Å². The third-order valence-electron chi connectivity index (χ3n) is 6.26. The molecule has 0 aromatic heterocycles. The van der Waals surface area contributed by atoms with Crippen LogP contribution >= 0.6 is 11.8 Å². The summed E-state index contributed by atoms with van der Waals surface area (Å²) in [6.07, 6.45) is 0.995. The standard InChI is InChI=1S/C25H43N7O10S/c1-4-13(2)21(32-18(34)11-26)24(40)31-14(5-7-17(27)33)23(39)30-15(9-10-43-3)22(38)28-12-19(35)29-16(25(41)42)6-8-20(36)37/h13-16,21H,4-12,26H2,1-3H3,(H2,27,33)(H,28,38)(H,29,35)(H,30,39)(H,31,40)(H,32,34)(H,36,37)(H,41,42)/t13-,14-,15-,16-,21-/m0/s1. The van der Waals surface area contributed by atoms with E-state index in [4.69, 9.17) is 16.6 Å². The van der Waals surface area contributed by atoms with Crippen LogP contribution < -0.4 is 38.1 Å². The molecule has 0 saturated carbocycles. The van der Waals surface area contributed by atoms with Gasteiger partial charge in [0, 0.05) is 12.8 Å². The number of carboxylic acid groups (broad SMARTS) is 2. The first-order valence-corrected chi connectivity index (χ1v) is 14.9. The Kier molecular flexibility index (Phi) is 19.0. The number of thioether (sulfide) groups is 1. The number of carbonyl (C=O) groups excluding carboxylic acids is 6. The number of nitrogens with one attached hydrogen (secondary N) is 5. The van der Waals surface area contributed by atoms with Gasteiger partial charge in [-0.1, -0.05) is 20.3 Å². The lowest BCUT2D eigenvalue weighted by Gasteiger charge is -2.27. The monoisotopic (exact) mass is 633 g/mol. The van der Waals surface area contributed by atoms with Crippen LogP contribution in [0.5, 0.6) is 0 Å². The fourth-order valence-corrected chi connectivity index (χ4v) is 4.06. The number of aliphatic carboxylic acids is 2. The Morgan fingerprint density at radius 1 is 0.767 bits per heavy atom. The molecule has 5 atom stereocenters. The molecule has 0 radical (unpaired) electrons. The van der Waals surface area contributed by atoms with E-state index in [1.807, 2.05) is 0 Å². The highest BCUT2D eigenvalue weighted by molar-refractivity contribution is 7.98. The second-order valence-electron chi connectivity index (χ2n) is 9.65. The van der Waals surface area contributed by atoms with Crippen molar-refractivity contribution in [1.82, 2.24) is 26.6 Å². The zero-order valence-corrected chi connectivity index (χ0v) is 25.3. The van der Waals surface area contributed by atoms with Crippen molar-refractivity contribution >= 4 is 59.1 Å². The molecule has 0 aliphatic heterocycles. The van der Waals surface area contributed by atoms with Gasteiger partial charge in [0.1, 0.15) is 24.2 Å². The summed E-state index contributed by atoms with van der Waals surface area (Å²) in [5.41, 5.74) is 10.6. The molecule has 17 nitrogen and oxygen atoms in total. The van der Waals surface area contributed by atoms with Gasteiger partial charge in [0.2, 0.25) is 35.4 Å². The Hall–Kier alpha value is -3.93. The van der Waals surface area contributed by atoms with Gasteiger partial charge in [-0.05, 0) is 37.2 Å². The molecule has 244 valence electrons. The molecule has 0 aromatic carbocycles. The van der Waals surface area contributed by atoms with Crippen LogP contribution in [0.25, 0.3) is 0 Å². The summed E-state index contributed by atoms with van der Waals surface area (Å²) in [4.78, 5) is 96.8. The van der Waals surface area contributed by atoms with Crippen LogP contribution in [0.4, 0.5) is 0 Å². The molecule has 0 spiro atoms. The Bertz CT molecular complexity index is 1010. The van der Waals surface area contributed by atoms with Gasteiger partial charge in [0.15, 0.2) is 0 Å². The van der Waals surface area contributed by atoms with Crippen molar-refractivity contribution in [1.29, 1.82) is 0 Å². The third-order valence-corrected chi connectivity index (χ3v) is 6.90. The molecule has 0 fully saturated rings. The van der Waals surface area contributed by atoms with Crippen molar-refractivity contribution in [3.05, 3.63) is 0 Å². The van der Waals surface area contributed by atoms with Crippen LogP contribution in [0, 0.1) is 5.92 Å². The summed E-state index contributed by atoms with van der Waals surface area (Å²) in [7, 11) is 0. The van der Waals surface area contributed by atoms with E-state index in [0.29, 0.717) is 12.2 Å². The van der Waals surface area contributed by atoms with Crippen LogP contribution in [0.3, 0.4) is 0 Å². The molecular weight excluding hydrogens is 590 g/mol. The lowest BCUT2D eigenvalue weighted by atomic mass is 9.97. The third kappa shape index (κ3) is 16.3. The molecule has 6 amide bonds. The molecule has 0 aliphatic rings. The van der Waals surface area contributed by atoms with E-state index in [2.05, 4.69) is 26.6 Å². The minimum Gasteiger partial charge on any atom is -0.481 e. The molecule has 0 saturated heterocycles. The van der Waals surface area contributed by atoms with Gasteiger partial charge in [-0.3, -0.25) is 33.6 Å². The molecule has 0 bridgehead atoms. The lowest BCUT2D eigenvalue weighted by molar-refractivity contribution is -0.143. The van der Waals surface area contributed by atoms with Crippen LogP contribution in [-0.4, -0.2) is 107 Å². The zero-order chi connectivity index (χ0) is 33.1. The Morgan fingerprint density at radius 2 is 1.35 bits per heavy atom. The average Bonchev–Trinajstić information content (AvgIpc) is 2.95. The number of hydrogen-bond acceptors (Lipinski definition) is 10. The number of amides is 6. The quantitative estimate of drug-likeness (QED) is 0.0577. The Labute approximate surface area is 253 Å². The molecule has 0 rings (SSSR count). The van der Waals surface area contributed by atoms with Crippen molar-refractivity contribution in [2.45, 2.75) is 76.5 Å². The summed E-state index contributed by atoms with van der Waals surface area (Å²) in [5.74, 6) is -7.19. The molecule has 0 aromatic rings. The SMILES string of the molecule is CC[C@H](C)[C@H](NC(=O)CN)C(=O)N[C@@H](CCC(N)=O)C(=O)N[C@@H](CCSC)C(=O)NCC(=O)N[C@@H](CCC(=O)O)C(=O)O. The van der Waals surface area contributed by atoms with Gasteiger partial charge in [0.25, 0.3) is 0 Å². The van der Waals surface area contributed by atoms with Crippen molar-refractivity contribution in [2.24, 2.45) is 17.4 Å². The van der Waals surface area contributed by atoms with E-state index >= 15 is 0 Å². The van der Waals surface area contributed by atoms with Crippen LogP contribution in [0.1, 0.15) is 52.4 Å². The molecule has 18 heteroatoms. The molecule has 0 unspecified atom stereocenters. The average molecular weight is 634 g/mol. The Morgan fingerprint density at radius 3 is 1.86 bits per heavy atom. The zero-order valence-electron chi connectivity index (χ0n) is 24.5. The van der Waals surface area contributed by atoms with Crippen LogP contribution in [-0.2, 0) is 38.4 Å². The fraction of sp³-hybridized carbons (Fsp3) is 0.680. The van der Waals surface area contributed by atoms with E-state index in [1.165, 1.54) is 11.8 Å². The van der Waals surface area contributed by atoms with Crippen molar-refractivity contribution in [3.8, 4) is 0 Å². The Balaban J connectivity index is 5.64. The molecule has 0 heterocycles. The van der Waals surface area contributed by atoms with Gasteiger partial charge in [0.05, 0.1) is 13.1 Å². The second kappa shape index (κ2) is 20.9. The van der Waals surface area contributed by atoms with Crippen molar-refractivity contribution < 1.29 is 48.6 Å². The summed E-state index contributed by atoms with van der Waals surface area (Å²) in [6.45, 7) is 2.48. The number of hydrogen-bond donors (Lipinski definition) is 9. The largest absolute Gasteiger partial charge is 0.481 e. The summed E-state index contributed by atoms with van der Waals surface area (Å²) in [5, 5.41) is 29.9. The number of primary amides is 1. The minimum atomic E-state index is -1.49. The number of nitrogens with two attached hydrogens (primary N) is 2. The molecular formula is C25H43N7O10S. The first kappa shape index (κ1) is 39.1. The van der Waals surface area contributed by atoms with E-state index in [9.17, 15) is 43.5 Å². The summed E-state index contributed by atoms with van der Waals surface area (Å²) < 4.78 is 0. The number of carboxylic acids is 2. The number of carbonyl (C=O) groups is 8. The fourth-order valence-electron chi connectivity index (χ4n) is 3.59. The highest BCUT2D eigenvalue weighted by atomic mass is 32.2. The first-order chi connectivity index (χ1) is 20.2. The van der Waals surface area contributed by atoms with Crippen LogP contribution in [0.15, 0.2) is 0 Å². The van der Waals surface area contributed by atoms with Gasteiger partial charge in [-0.2, -0.15) is 11.8 Å². The smallest absolute Gasteiger partial charge is 0.326 e. The van der Waals surface area contributed by atoms with E-state index < -0.39 is 84.5 Å². The maximum Gasteiger partial charge on any atom is 0.326 e. The highest BCUT2D eigenvalue weighted by Crippen LogP contribution is 2.10. The molecule has 11 N–H and O–H groups in total. The first-order valence-electron chi connectivity index (χ1n) is 13.6. The predicted molar refractivity (Wildman–Crippen MR) is 155 cm³/mol. The van der Waals surface area contributed by atoms with Gasteiger partial charge in [-0.15, -0.1) is 0 Å². The highest BCUT2D eigenvalue weighted by Gasteiger charge is 2.32. The minimum absolute atomic E-state index is 0.106. The maximum absolute atomic E-state index is 13.2. The topological polar surface area (TPSA) is 289 Å². The second-order valence-corrected chi connectivity index (χ2v) is 10.6. The lowest BCUT2D eigenvalue weighted by Crippen LogP contribution is -2.58. The van der Waals surface area contributed by atoms with Crippen LogP contribution in [0.2, 0.25) is 0 Å². The summed E-state index contributed by atoms with van der Waals surface area (Å²) >= 11 is 1.36. The number of rotatable bonds is 22. The predicted octanol–water partition coefficient (Wildman–Crippen LogP) is -2.99. The van der Waals surface area contributed by atoms with Gasteiger partial charge in [-0.25, -0.2) is 4.79 Å². The maximum atomic E-state index is 13.2. The van der Waals surface area contributed by atoms with Gasteiger partial charge >= 0.3 is 11.9 Å².